The molecule has 1 aliphatic carbocycles. The highest BCUT2D eigenvalue weighted by molar-refractivity contribution is 5.73. The normalized spacial score (nSPS) is 47.0. The summed E-state index contributed by atoms with van der Waals surface area (Å²) in [5.41, 5.74) is -0.141. The van der Waals surface area contributed by atoms with Crippen LogP contribution < -0.4 is 0 Å². The van der Waals surface area contributed by atoms with Gasteiger partial charge in [-0.3, -0.25) is 4.79 Å². The Kier molecular flexibility index (Phi) is 1.98. The van der Waals surface area contributed by atoms with Crippen molar-refractivity contribution >= 4 is 5.97 Å². The highest BCUT2D eigenvalue weighted by atomic mass is 16.6. The lowest BCUT2D eigenvalue weighted by Crippen LogP contribution is -2.44. The monoisotopic (exact) mass is 194 g/mol. The molecule has 3 atom stereocenters. The molecular weight excluding hydrogens is 176 g/mol. The molecule has 1 saturated heterocycles. The molecule has 2 nitrogen and oxygen atoms in total. The first-order valence-electron chi connectivity index (χ1n) is 5.36. The van der Waals surface area contributed by atoms with E-state index in [4.69, 9.17) is 4.74 Å². The first-order valence-corrected chi connectivity index (χ1v) is 5.36. The molecule has 78 valence electrons. The third-order valence-electron chi connectivity index (χ3n) is 4.11. The van der Waals surface area contributed by atoms with E-state index in [1.54, 1.807) is 0 Å². The Morgan fingerprint density at radius 2 is 2.21 bits per heavy atom. The van der Waals surface area contributed by atoms with Crippen LogP contribution in [0.3, 0.4) is 0 Å². The highest BCUT2D eigenvalue weighted by Crippen LogP contribution is 2.53. The number of esters is 1. The lowest BCUT2D eigenvalue weighted by molar-refractivity contribution is -0.151. The highest BCUT2D eigenvalue weighted by Gasteiger charge is 2.54. The fraction of sp³-hybridized carbons (Fsp3) is 0.750. The summed E-state index contributed by atoms with van der Waals surface area (Å²) in [5, 5.41) is 0. The van der Waals surface area contributed by atoms with Crippen LogP contribution in [0.25, 0.3) is 0 Å². The second-order valence-electron chi connectivity index (χ2n) is 5.11. The van der Waals surface area contributed by atoms with Crippen LogP contribution in [0, 0.1) is 11.3 Å². The summed E-state index contributed by atoms with van der Waals surface area (Å²) in [7, 11) is 0. The zero-order valence-electron chi connectivity index (χ0n) is 9.01. The Labute approximate surface area is 85.3 Å². The standard InChI is InChI=1S/C12H18O2/c1-4-11(2)6-5-7-12(3)9(11)8-10(13)14-12/h4,9H,1,5-8H2,2-3H3. The van der Waals surface area contributed by atoms with E-state index in [-0.39, 0.29) is 17.0 Å². The fourth-order valence-corrected chi connectivity index (χ4v) is 3.15. The van der Waals surface area contributed by atoms with E-state index in [2.05, 4.69) is 20.4 Å². The minimum absolute atomic E-state index is 0.0347. The molecule has 1 aliphatic heterocycles. The SMILES string of the molecule is C=CC1(C)CCCC2(C)OC(=O)CC12. The van der Waals surface area contributed by atoms with Gasteiger partial charge < -0.3 is 4.74 Å². The van der Waals surface area contributed by atoms with E-state index < -0.39 is 0 Å². The maximum atomic E-state index is 11.4. The van der Waals surface area contributed by atoms with Crippen molar-refractivity contribution in [1.29, 1.82) is 0 Å². The smallest absolute Gasteiger partial charge is 0.306 e. The Bertz CT molecular complexity index is 284. The number of hydrogen-bond acceptors (Lipinski definition) is 2. The minimum atomic E-state index is -0.224. The van der Waals surface area contributed by atoms with Gasteiger partial charge in [0.25, 0.3) is 0 Å². The third kappa shape index (κ3) is 1.20. The molecule has 0 aromatic carbocycles. The van der Waals surface area contributed by atoms with Crippen LogP contribution in [-0.4, -0.2) is 11.6 Å². The molecule has 14 heavy (non-hydrogen) atoms. The average Bonchev–Trinajstić information content (AvgIpc) is 2.42. The van der Waals surface area contributed by atoms with Gasteiger partial charge in [-0.1, -0.05) is 13.0 Å². The Balaban J connectivity index is 2.34. The van der Waals surface area contributed by atoms with Crippen LogP contribution in [-0.2, 0) is 9.53 Å². The molecule has 2 rings (SSSR count). The number of hydrogen-bond donors (Lipinski definition) is 0. The molecule has 2 heteroatoms. The molecule has 0 N–H and O–H groups in total. The van der Waals surface area contributed by atoms with Gasteiger partial charge in [-0.25, -0.2) is 0 Å². The summed E-state index contributed by atoms with van der Waals surface area (Å²) in [4.78, 5) is 11.4. The topological polar surface area (TPSA) is 26.3 Å². The van der Waals surface area contributed by atoms with Crippen LogP contribution >= 0.6 is 0 Å². The Hall–Kier alpha value is -0.790. The van der Waals surface area contributed by atoms with Crippen molar-refractivity contribution < 1.29 is 9.53 Å². The van der Waals surface area contributed by atoms with Crippen molar-refractivity contribution in [2.24, 2.45) is 11.3 Å². The predicted octanol–water partition coefficient (Wildman–Crippen LogP) is 2.68. The van der Waals surface area contributed by atoms with Gasteiger partial charge in [-0.15, -0.1) is 6.58 Å². The van der Waals surface area contributed by atoms with Crippen molar-refractivity contribution in [3.8, 4) is 0 Å². The van der Waals surface area contributed by atoms with Gasteiger partial charge in [0.15, 0.2) is 0 Å². The van der Waals surface area contributed by atoms with E-state index in [1.807, 2.05) is 6.08 Å². The maximum absolute atomic E-state index is 11.4. The molecule has 0 spiro atoms. The molecule has 0 aromatic rings. The number of allylic oxidation sites excluding steroid dienone is 1. The average molecular weight is 194 g/mol. The summed E-state index contributed by atoms with van der Waals surface area (Å²) < 4.78 is 5.46. The van der Waals surface area contributed by atoms with Crippen LogP contribution in [0.15, 0.2) is 12.7 Å². The number of carbonyl (C=O) groups is 1. The van der Waals surface area contributed by atoms with Crippen LogP contribution in [0.2, 0.25) is 0 Å². The molecule has 2 aliphatic rings. The van der Waals surface area contributed by atoms with Crippen LogP contribution in [0.5, 0.6) is 0 Å². The zero-order valence-corrected chi connectivity index (χ0v) is 9.01. The molecular formula is C12H18O2. The predicted molar refractivity (Wildman–Crippen MR) is 54.8 cm³/mol. The van der Waals surface area contributed by atoms with Crippen molar-refractivity contribution in [3.63, 3.8) is 0 Å². The third-order valence-corrected chi connectivity index (χ3v) is 4.11. The van der Waals surface area contributed by atoms with Gasteiger partial charge >= 0.3 is 5.97 Å². The Morgan fingerprint density at radius 1 is 1.50 bits per heavy atom. The Morgan fingerprint density at radius 3 is 2.86 bits per heavy atom. The molecule has 2 fully saturated rings. The van der Waals surface area contributed by atoms with Crippen molar-refractivity contribution in [2.75, 3.05) is 0 Å². The molecule has 3 unspecified atom stereocenters. The van der Waals surface area contributed by atoms with Gasteiger partial charge in [0.2, 0.25) is 0 Å². The van der Waals surface area contributed by atoms with Crippen molar-refractivity contribution in [1.82, 2.24) is 0 Å². The summed E-state index contributed by atoms with van der Waals surface area (Å²) in [6.45, 7) is 8.18. The first-order chi connectivity index (χ1) is 6.50. The number of rotatable bonds is 1. The van der Waals surface area contributed by atoms with E-state index >= 15 is 0 Å². The summed E-state index contributed by atoms with van der Waals surface area (Å²) in [6.07, 6.45) is 5.85. The van der Waals surface area contributed by atoms with Crippen LogP contribution in [0.4, 0.5) is 0 Å². The van der Waals surface area contributed by atoms with Gasteiger partial charge in [0.1, 0.15) is 5.60 Å². The molecule has 1 saturated carbocycles. The molecule has 0 amide bonds. The fourth-order valence-electron chi connectivity index (χ4n) is 3.15. The minimum Gasteiger partial charge on any atom is -0.459 e. The summed E-state index contributed by atoms with van der Waals surface area (Å²) >= 11 is 0. The number of fused-ring (bicyclic) bond motifs is 1. The quantitative estimate of drug-likeness (QED) is 0.474. The van der Waals surface area contributed by atoms with E-state index in [9.17, 15) is 4.79 Å². The molecule has 1 heterocycles. The molecule has 0 aromatic heterocycles. The van der Waals surface area contributed by atoms with E-state index in [1.165, 1.54) is 0 Å². The second-order valence-corrected chi connectivity index (χ2v) is 5.11. The summed E-state index contributed by atoms with van der Waals surface area (Å²) in [6, 6.07) is 0. The lowest BCUT2D eigenvalue weighted by atomic mass is 9.61. The van der Waals surface area contributed by atoms with Gasteiger partial charge in [0, 0.05) is 5.92 Å². The van der Waals surface area contributed by atoms with Crippen molar-refractivity contribution in [3.05, 3.63) is 12.7 Å². The second kappa shape index (κ2) is 2.85. The van der Waals surface area contributed by atoms with Crippen LogP contribution in [0.1, 0.15) is 39.5 Å². The maximum Gasteiger partial charge on any atom is 0.306 e. The van der Waals surface area contributed by atoms with E-state index in [0.29, 0.717) is 12.3 Å². The largest absolute Gasteiger partial charge is 0.459 e. The van der Waals surface area contributed by atoms with Gasteiger partial charge in [0.05, 0.1) is 6.42 Å². The zero-order chi connectivity index (χ0) is 10.4. The van der Waals surface area contributed by atoms with Gasteiger partial charge in [-0.05, 0) is 31.6 Å². The van der Waals surface area contributed by atoms with Gasteiger partial charge in [-0.2, -0.15) is 0 Å². The number of carbonyl (C=O) groups excluding carboxylic acids is 1. The summed E-state index contributed by atoms with van der Waals surface area (Å²) in [5.74, 6) is 0.293. The molecule has 0 bridgehead atoms. The lowest BCUT2D eigenvalue weighted by Gasteiger charge is -2.45. The van der Waals surface area contributed by atoms with E-state index in [0.717, 1.165) is 19.3 Å². The first kappa shape index (κ1) is 9.75. The van der Waals surface area contributed by atoms with Crippen molar-refractivity contribution in [2.45, 2.75) is 45.1 Å². The molecule has 0 radical (unpaired) electrons. The number of ether oxygens (including phenoxy) is 1.